The number of imidazole rings is 1. The van der Waals surface area contributed by atoms with Gasteiger partial charge in [-0.2, -0.15) is 0 Å². The Kier molecular flexibility index (Phi) is 3.59. The molecular formula is C16H18N2OS. The van der Waals surface area contributed by atoms with Gasteiger partial charge in [-0.05, 0) is 35.6 Å². The number of thiophene rings is 1. The second-order valence-corrected chi connectivity index (χ2v) is 5.91. The molecule has 2 aromatic heterocycles. The van der Waals surface area contributed by atoms with E-state index in [4.69, 9.17) is 0 Å². The van der Waals surface area contributed by atoms with Crippen molar-refractivity contribution in [1.29, 1.82) is 0 Å². The molecular weight excluding hydrogens is 268 g/mol. The highest BCUT2D eigenvalue weighted by Crippen LogP contribution is 2.28. The zero-order valence-electron chi connectivity index (χ0n) is 11.7. The minimum absolute atomic E-state index is 0.472. The summed E-state index contributed by atoms with van der Waals surface area (Å²) in [5.41, 5.74) is 3.33. The Labute approximate surface area is 122 Å². The van der Waals surface area contributed by atoms with Crippen molar-refractivity contribution in [2.75, 3.05) is 0 Å². The number of hydrogen-bond acceptors (Lipinski definition) is 3. The monoisotopic (exact) mass is 286 g/mol. The number of benzene rings is 1. The van der Waals surface area contributed by atoms with Crippen LogP contribution in [0.5, 0.6) is 0 Å². The molecule has 104 valence electrons. The van der Waals surface area contributed by atoms with Gasteiger partial charge in [-0.3, -0.25) is 0 Å². The van der Waals surface area contributed by atoms with E-state index in [0.717, 1.165) is 28.2 Å². The van der Waals surface area contributed by atoms with Crippen molar-refractivity contribution in [3.8, 4) is 0 Å². The largest absolute Gasteiger partial charge is 0.387 e. The minimum atomic E-state index is -0.472. The highest BCUT2D eigenvalue weighted by atomic mass is 32.1. The number of fused-ring (bicyclic) bond motifs is 1. The molecule has 20 heavy (non-hydrogen) atoms. The van der Waals surface area contributed by atoms with Gasteiger partial charge < -0.3 is 9.67 Å². The molecule has 0 aliphatic heterocycles. The van der Waals surface area contributed by atoms with Gasteiger partial charge in [0.25, 0.3) is 0 Å². The van der Waals surface area contributed by atoms with E-state index in [2.05, 4.69) is 28.6 Å². The summed E-state index contributed by atoms with van der Waals surface area (Å²) in [6.45, 7) is 2.12. The first kappa shape index (κ1) is 13.3. The van der Waals surface area contributed by atoms with Crippen LogP contribution in [-0.4, -0.2) is 14.7 Å². The van der Waals surface area contributed by atoms with Crippen LogP contribution in [-0.2, 0) is 19.9 Å². The maximum Gasteiger partial charge on any atom is 0.112 e. The van der Waals surface area contributed by atoms with Crippen LogP contribution in [0.1, 0.15) is 29.3 Å². The highest BCUT2D eigenvalue weighted by Gasteiger charge is 2.17. The van der Waals surface area contributed by atoms with Crippen molar-refractivity contribution in [3.05, 3.63) is 52.0 Å². The Morgan fingerprint density at radius 2 is 2.10 bits per heavy atom. The van der Waals surface area contributed by atoms with Crippen LogP contribution in [0.3, 0.4) is 0 Å². The third-order valence-electron chi connectivity index (χ3n) is 3.72. The minimum Gasteiger partial charge on any atom is -0.387 e. The number of aryl methyl sites for hydroxylation is 2. The number of rotatable bonds is 4. The van der Waals surface area contributed by atoms with Gasteiger partial charge in [-0.1, -0.05) is 19.1 Å². The van der Waals surface area contributed by atoms with Crippen LogP contribution in [0.25, 0.3) is 11.0 Å². The van der Waals surface area contributed by atoms with Gasteiger partial charge in [-0.25, -0.2) is 4.98 Å². The average molecular weight is 286 g/mol. The van der Waals surface area contributed by atoms with Crippen molar-refractivity contribution in [2.45, 2.75) is 25.9 Å². The van der Waals surface area contributed by atoms with Crippen LogP contribution in [0.15, 0.2) is 35.7 Å². The van der Waals surface area contributed by atoms with E-state index < -0.39 is 6.10 Å². The number of nitrogens with zero attached hydrogens (tertiary/aromatic N) is 2. The van der Waals surface area contributed by atoms with Gasteiger partial charge in [-0.15, -0.1) is 11.3 Å². The summed E-state index contributed by atoms with van der Waals surface area (Å²) in [6, 6.07) is 10.2. The predicted octanol–water partition coefficient (Wildman–Crippen LogP) is 3.47. The van der Waals surface area contributed by atoms with Crippen LogP contribution in [0.2, 0.25) is 0 Å². The zero-order valence-corrected chi connectivity index (χ0v) is 12.5. The lowest BCUT2D eigenvalue weighted by molar-refractivity contribution is 0.178. The van der Waals surface area contributed by atoms with Crippen molar-refractivity contribution in [1.82, 2.24) is 9.55 Å². The SMILES string of the molecule is CCc1ccsc1C(O)Cc1nc2ccccc2n1C. The first-order valence-electron chi connectivity index (χ1n) is 6.85. The molecule has 0 saturated heterocycles. The highest BCUT2D eigenvalue weighted by molar-refractivity contribution is 7.10. The molecule has 0 aliphatic carbocycles. The first-order valence-corrected chi connectivity index (χ1v) is 7.73. The van der Waals surface area contributed by atoms with E-state index in [0.29, 0.717) is 6.42 Å². The van der Waals surface area contributed by atoms with E-state index in [1.807, 2.05) is 30.6 Å². The summed E-state index contributed by atoms with van der Waals surface area (Å²) < 4.78 is 2.07. The Balaban J connectivity index is 1.91. The Bertz CT molecular complexity index is 729. The summed E-state index contributed by atoms with van der Waals surface area (Å²) in [7, 11) is 2.01. The summed E-state index contributed by atoms with van der Waals surface area (Å²) >= 11 is 1.63. The third-order valence-corrected chi connectivity index (χ3v) is 4.78. The van der Waals surface area contributed by atoms with Gasteiger partial charge in [0.1, 0.15) is 5.82 Å². The smallest absolute Gasteiger partial charge is 0.112 e. The number of aliphatic hydroxyl groups is 1. The third kappa shape index (κ3) is 2.25. The lowest BCUT2D eigenvalue weighted by atomic mass is 10.1. The summed E-state index contributed by atoms with van der Waals surface area (Å²) in [6.07, 6.45) is 1.04. The van der Waals surface area contributed by atoms with Gasteiger partial charge >= 0.3 is 0 Å². The van der Waals surface area contributed by atoms with Crippen LogP contribution in [0, 0.1) is 0 Å². The Morgan fingerprint density at radius 1 is 1.30 bits per heavy atom. The molecule has 0 fully saturated rings. The molecule has 3 rings (SSSR count). The van der Waals surface area contributed by atoms with Gasteiger partial charge in [0.2, 0.25) is 0 Å². The molecule has 0 bridgehead atoms. The summed E-state index contributed by atoms with van der Waals surface area (Å²) in [4.78, 5) is 5.69. The zero-order chi connectivity index (χ0) is 14.1. The molecule has 4 heteroatoms. The van der Waals surface area contributed by atoms with E-state index >= 15 is 0 Å². The second kappa shape index (κ2) is 5.38. The summed E-state index contributed by atoms with van der Waals surface area (Å²) in [5.74, 6) is 0.925. The lowest BCUT2D eigenvalue weighted by Crippen LogP contribution is -2.07. The number of aromatic nitrogens is 2. The van der Waals surface area contributed by atoms with Gasteiger partial charge in [0.15, 0.2) is 0 Å². The number of aliphatic hydroxyl groups excluding tert-OH is 1. The van der Waals surface area contributed by atoms with Crippen molar-refractivity contribution in [2.24, 2.45) is 7.05 Å². The summed E-state index contributed by atoms with van der Waals surface area (Å²) in [5, 5.41) is 12.5. The molecule has 3 nitrogen and oxygen atoms in total. The quantitative estimate of drug-likeness (QED) is 0.797. The van der Waals surface area contributed by atoms with Crippen molar-refractivity contribution in [3.63, 3.8) is 0 Å². The van der Waals surface area contributed by atoms with Crippen molar-refractivity contribution < 1.29 is 5.11 Å². The van der Waals surface area contributed by atoms with Gasteiger partial charge in [0.05, 0.1) is 17.1 Å². The van der Waals surface area contributed by atoms with Crippen LogP contribution >= 0.6 is 11.3 Å². The average Bonchev–Trinajstić information content (AvgIpc) is 3.05. The lowest BCUT2D eigenvalue weighted by Gasteiger charge is -2.11. The maximum absolute atomic E-state index is 10.5. The fraction of sp³-hybridized carbons (Fsp3) is 0.312. The normalized spacial score (nSPS) is 12.9. The molecule has 1 aromatic carbocycles. The molecule has 0 saturated carbocycles. The molecule has 1 unspecified atom stereocenters. The van der Waals surface area contributed by atoms with Crippen molar-refractivity contribution >= 4 is 22.4 Å². The predicted molar refractivity (Wildman–Crippen MR) is 83.1 cm³/mol. The molecule has 0 amide bonds. The van der Waals surface area contributed by atoms with E-state index in [1.165, 1.54) is 5.56 Å². The van der Waals surface area contributed by atoms with Crippen LogP contribution in [0.4, 0.5) is 0 Å². The Hall–Kier alpha value is -1.65. The number of para-hydroxylation sites is 2. The topological polar surface area (TPSA) is 38.1 Å². The first-order chi connectivity index (χ1) is 9.70. The van der Waals surface area contributed by atoms with E-state index in [9.17, 15) is 5.11 Å². The molecule has 0 radical (unpaired) electrons. The molecule has 3 aromatic rings. The molecule has 1 atom stereocenters. The molecule has 0 spiro atoms. The standard InChI is InChI=1S/C16H18N2OS/c1-3-11-8-9-20-16(11)14(19)10-15-17-12-6-4-5-7-13(12)18(15)2/h4-9,14,19H,3,10H2,1-2H3. The van der Waals surface area contributed by atoms with Crippen LogP contribution < -0.4 is 0 Å². The van der Waals surface area contributed by atoms with Gasteiger partial charge in [0, 0.05) is 18.3 Å². The second-order valence-electron chi connectivity index (χ2n) is 4.96. The Morgan fingerprint density at radius 3 is 2.85 bits per heavy atom. The molecule has 0 aliphatic rings. The fourth-order valence-corrected chi connectivity index (χ4v) is 3.56. The maximum atomic E-state index is 10.5. The van der Waals surface area contributed by atoms with E-state index in [-0.39, 0.29) is 0 Å². The molecule has 2 heterocycles. The number of hydrogen-bond donors (Lipinski definition) is 1. The fourth-order valence-electron chi connectivity index (χ4n) is 2.58. The van der Waals surface area contributed by atoms with E-state index in [1.54, 1.807) is 11.3 Å². The molecule has 1 N–H and O–H groups in total.